The van der Waals surface area contributed by atoms with Crippen LogP contribution in [0.2, 0.25) is 5.02 Å². The molecule has 3 rings (SSSR count). The van der Waals surface area contributed by atoms with Crippen LogP contribution in [0.4, 0.5) is 0 Å². The second-order valence-corrected chi connectivity index (χ2v) is 5.19. The van der Waals surface area contributed by atoms with Gasteiger partial charge >= 0.3 is 5.97 Å². The summed E-state index contributed by atoms with van der Waals surface area (Å²) in [5.41, 5.74) is 0.985. The van der Waals surface area contributed by atoms with Crippen LogP contribution in [0.1, 0.15) is 10.4 Å². The van der Waals surface area contributed by atoms with Crippen molar-refractivity contribution >= 4 is 39.1 Å². The number of aromatic nitrogens is 4. The third-order valence-corrected chi connectivity index (χ3v) is 3.60. The first-order chi connectivity index (χ1) is 9.58. The maximum Gasteiger partial charge on any atom is 0.337 e. The molecule has 0 aliphatic rings. The van der Waals surface area contributed by atoms with Gasteiger partial charge < -0.3 is 5.11 Å². The number of hydrogen-bond acceptors (Lipinski definition) is 4. The minimum absolute atomic E-state index is 0.0515. The highest BCUT2D eigenvalue weighted by molar-refractivity contribution is 9.10. The van der Waals surface area contributed by atoms with E-state index in [0.29, 0.717) is 17.2 Å². The van der Waals surface area contributed by atoms with Crippen molar-refractivity contribution in [3.8, 4) is 11.5 Å². The monoisotopic (exact) mass is 352 g/mol. The molecule has 3 aromatic heterocycles. The van der Waals surface area contributed by atoms with Crippen molar-refractivity contribution < 1.29 is 9.90 Å². The van der Waals surface area contributed by atoms with Crippen LogP contribution in [0.3, 0.4) is 0 Å². The van der Waals surface area contributed by atoms with Gasteiger partial charge in [0.25, 0.3) is 0 Å². The van der Waals surface area contributed by atoms with Crippen molar-refractivity contribution in [2.75, 3.05) is 0 Å². The van der Waals surface area contributed by atoms with Crippen LogP contribution >= 0.6 is 27.5 Å². The van der Waals surface area contributed by atoms with Crippen molar-refractivity contribution in [1.29, 1.82) is 0 Å². The number of carboxylic acid groups (broad SMARTS) is 1. The molecule has 3 aromatic rings. The standard InChI is InChI=1S/C12H6BrClN4O2/c13-7-2-1-3-15-9(7)11-17-16-10-8(14)4-6(12(19)20)5-18(10)11/h1-5H,(H,19,20). The summed E-state index contributed by atoms with van der Waals surface area (Å²) in [6.07, 6.45) is 3.03. The highest BCUT2D eigenvalue weighted by atomic mass is 79.9. The topological polar surface area (TPSA) is 80.4 Å². The summed E-state index contributed by atoms with van der Waals surface area (Å²) in [5.74, 6) is -0.661. The number of carbonyl (C=O) groups is 1. The third kappa shape index (κ3) is 2.04. The lowest BCUT2D eigenvalue weighted by Gasteiger charge is -2.03. The maximum absolute atomic E-state index is 11.1. The van der Waals surface area contributed by atoms with E-state index in [4.69, 9.17) is 16.7 Å². The molecule has 0 aliphatic carbocycles. The molecule has 0 aromatic carbocycles. The summed E-state index contributed by atoms with van der Waals surface area (Å²) in [5, 5.41) is 17.3. The molecule has 0 amide bonds. The fraction of sp³-hybridized carbons (Fsp3) is 0. The summed E-state index contributed by atoms with van der Waals surface area (Å²) in [4.78, 5) is 15.3. The number of carboxylic acids is 1. The van der Waals surface area contributed by atoms with E-state index in [1.807, 2.05) is 6.07 Å². The van der Waals surface area contributed by atoms with Crippen LogP contribution in [0.15, 0.2) is 35.1 Å². The van der Waals surface area contributed by atoms with Crippen LogP contribution in [0, 0.1) is 0 Å². The molecule has 0 unspecified atom stereocenters. The molecule has 0 atom stereocenters. The molecule has 0 spiro atoms. The zero-order valence-corrected chi connectivity index (χ0v) is 12.1. The van der Waals surface area contributed by atoms with E-state index < -0.39 is 5.97 Å². The van der Waals surface area contributed by atoms with Crippen molar-refractivity contribution in [3.63, 3.8) is 0 Å². The molecule has 1 N–H and O–H groups in total. The fourth-order valence-electron chi connectivity index (χ4n) is 1.78. The Morgan fingerprint density at radius 1 is 1.40 bits per heavy atom. The zero-order chi connectivity index (χ0) is 14.3. The third-order valence-electron chi connectivity index (χ3n) is 2.68. The summed E-state index contributed by atoms with van der Waals surface area (Å²) < 4.78 is 2.24. The Bertz CT molecular complexity index is 833. The van der Waals surface area contributed by atoms with Crippen LogP contribution in [-0.2, 0) is 0 Å². The van der Waals surface area contributed by atoms with Crippen molar-refractivity contribution in [1.82, 2.24) is 19.6 Å². The molecule has 0 radical (unpaired) electrons. The van der Waals surface area contributed by atoms with E-state index in [1.165, 1.54) is 16.7 Å². The van der Waals surface area contributed by atoms with Crippen LogP contribution < -0.4 is 0 Å². The normalized spacial score (nSPS) is 10.9. The first-order valence-corrected chi connectivity index (χ1v) is 6.63. The fourth-order valence-corrected chi connectivity index (χ4v) is 2.46. The molecule has 6 nitrogen and oxygen atoms in total. The second-order valence-electron chi connectivity index (χ2n) is 3.93. The molecule has 0 saturated carbocycles. The van der Waals surface area contributed by atoms with Gasteiger partial charge in [-0.15, -0.1) is 10.2 Å². The minimum atomic E-state index is -1.08. The Kier molecular flexibility index (Phi) is 3.15. The van der Waals surface area contributed by atoms with Gasteiger partial charge in [-0.2, -0.15) is 0 Å². The molecule has 3 heterocycles. The van der Waals surface area contributed by atoms with Gasteiger partial charge in [0.05, 0.1) is 10.6 Å². The first kappa shape index (κ1) is 13.0. The van der Waals surface area contributed by atoms with E-state index in [-0.39, 0.29) is 10.6 Å². The molecule has 0 aliphatic heterocycles. The number of aromatic carboxylic acids is 1. The zero-order valence-electron chi connectivity index (χ0n) is 9.79. The lowest BCUT2D eigenvalue weighted by Crippen LogP contribution is -2.01. The van der Waals surface area contributed by atoms with Crippen LogP contribution in [0.25, 0.3) is 17.2 Å². The van der Waals surface area contributed by atoms with Crippen molar-refractivity contribution in [2.45, 2.75) is 0 Å². The first-order valence-electron chi connectivity index (χ1n) is 5.46. The van der Waals surface area contributed by atoms with Gasteiger partial charge in [0.15, 0.2) is 11.5 Å². The Morgan fingerprint density at radius 3 is 2.90 bits per heavy atom. The molecule has 8 heteroatoms. The van der Waals surface area contributed by atoms with E-state index in [1.54, 1.807) is 12.3 Å². The molecule has 0 saturated heterocycles. The summed E-state index contributed by atoms with van der Waals surface area (Å²) in [6, 6.07) is 4.92. The summed E-state index contributed by atoms with van der Waals surface area (Å²) in [6.45, 7) is 0. The largest absolute Gasteiger partial charge is 0.478 e. The van der Waals surface area contributed by atoms with Gasteiger partial charge in [-0.05, 0) is 34.1 Å². The predicted octanol–water partition coefficient (Wildman–Crippen LogP) is 2.91. The van der Waals surface area contributed by atoms with Gasteiger partial charge in [-0.1, -0.05) is 11.6 Å². The molecular weight excluding hydrogens is 348 g/mol. The van der Waals surface area contributed by atoms with Crippen LogP contribution in [-0.4, -0.2) is 30.7 Å². The van der Waals surface area contributed by atoms with Gasteiger partial charge in [-0.3, -0.25) is 9.38 Å². The number of hydrogen-bond donors (Lipinski definition) is 1. The molecule has 20 heavy (non-hydrogen) atoms. The van der Waals surface area contributed by atoms with Crippen molar-refractivity contribution in [3.05, 3.63) is 45.7 Å². The SMILES string of the molecule is O=C(O)c1cc(Cl)c2nnc(-c3ncccc3Br)n2c1. The smallest absolute Gasteiger partial charge is 0.337 e. The Hall–Kier alpha value is -1.99. The van der Waals surface area contributed by atoms with Crippen molar-refractivity contribution in [2.24, 2.45) is 0 Å². The van der Waals surface area contributed by atoms with E-state index in [9.17, 15) is 4.79 Å². The maximum atomic E-state index is 11.1. The molecule has 0 bridgehead atoms. The highest BCUT2D eigenvalue weighted by Crippen LogP contribution is 2.27. The average Bonchev–Trinajstić information content (AvgIpc) is 2.83. The Balaban J connectivity index is 2.33. The lowest BCUT2D eigenvalue weighted by atomic mass is 10.3. The average molecular weight is 354 g/mol. The van der Waals surface area contributed by atoms with E-state index >= 15 is 0 Å². The minimum Gasteiger partial charge on any atom is -0.478 e. The Labute approximate surface area is 126 Å². The quantitative estimate of drug-likeness (QED) is 0.766. The van der Waals surface area contributed by atoms with Gasteiger partial charge in [0, 0.05) is 16.9 Å². The Morgan fingerprint density at radius 2 is 2.20 bits per heavy atom. The number of pyridine rings is 2. The molecule has 0 fully saturated rings. The van der Waals surface area contributed by atoms with Crippen LogP contribution in [0.5, 0.6) is 0 Å². The van der Waals surface area contributed by atoms with Gasteiger partial charge in [0.2, 0.25) is 0 Å². The summed E-state index contributed by atoms with van der Waals surface area (Å²) >= 11 is 9.40. The molecule has 100 valence electrons. The number of nitrogens with zero attached hydrogens (tertiary/aromatic N) is 4. The highest BCUT2D eigenvalue weighted by Gasteiger charge is 2.16. The second kappa shape index (κ2) is 4.84. The number of halogens is 2. The predicted molar refractivity (Wildman–Crippen MR) is 75.9 cm³/mol. The van der Waals surface area contributed by atoms with Gasteiger partial charge in [-0.25, -0.2) is 4.79 Å². The van der Waals surface area contributed by atoms with E-state index in [2.05, 4.69) is 31.1 Å². The summed E-state index contributed by atoms with van der Waals surface area (Å²) in [7, 11) is 0. The lowest BCUT2D eigenvalue weighted by molar-refractivity contribution is 0.0696. The van der Waals surface area contributed by atoms with E-state index in [0.717, 1.165) is 4.47 Å². The van der Waals surface area contributed by atoms with Gasteiger partial charge in [0.1, 0.15) is 5.69 Å². The number of rotatable bonds is 2. The molecular formula is C12H6BrClN4O2. The number of fused-ring (bicyclic) bond motifs is 1.